The zero-order valence-electron chi connectivity index (χ0n) is 15.2. The van der Waals surface area contributed by atoms with Crippen LogP contribution in [0.15, 0.2) is 42.5 Å². The minimum atomic E-state index is 0.0595. The first-order valence-corrected chi connectivity index (χ1v) is 8.87. The standard InChI is InChI=1S/C21H29N2O/c1-16(18-11-7-9-17-8-5-6-10-19(17)18)22-12-13-23(15-22)20(14-24)21(2,3)4/h5-11,15-16,20,24H,12-14H2,1-4H3/q+1/t16-,20-/m1/s1. The van der Waals surface area contributed by atoms with Gasteiger partial charge in [-0.05, 0) is 17.7 Å². The highest BCUT2D eigenvalue weighted by molar-refractivity contribution is 5.85. The van der Waals surface area contributed by atoms with E-state index < -0.39 is 0 Å². The van der Waals surface area contributed by atoms with Crippen LogP contribution in [0.2, 0.25) is 0 Å². The summed E-state index contributed by atoms with van der Waals surface area (Å²) in [6, 6.07) is 15.6. The molecule has 24 heavy (non-hydrogen) atoms. The first-order valence-electron chi connectivity index (χ1n) is 8.87. The van der Waals surface area contributed by atoms with E-state index in [0.29, 0.717) is 6.04 Å². The lowest BCUT2D eigenvalue weighted by Gasteiger charge is -2.30. The topological polar surface area (TPSA) is 26.5 Å². The second-order valence-corrected chi connectivity index (χ2v) is 7.90. The first kappa shape index (κ1) is 17.0. The Bertz CT molecular complexity index is 740. The molecule has 3 heteroatoms. The maximum atomic E-state index is 9.83. The second kappa shape index (κ2) is 6.56. The van der Waals surface area contributed by atoms with Gasteiger partial charge in [-0.25, -0.2) is 0 Å². The van der Waals surface area contributed by atoms with Crippen molar-refractivity contribution in [3.63, 3.8) is 0 Å². The molecule has 0 aromatic heterocycles. The Labute approximate surface area is 145 Å². The molecular weight excluding hydrogens is 296 g/mol. The summed E-state index contributed by atoms with van der Waals surface area (Å²) in [6.07, 6.45) is 2.22. The zero-order valence-corrected chi connectivity index (χ0v) is 15.2. The molecule has 3 rings (SSSR count). The molecule has 2 atom stereocenters. The van der Waals surface area contributed by atoms with Crippen molar-refractivity contribution in [2.75, 3.05) is 19.7 Å². The van der Waals surface area contributed by atoms with Gasteiger partial charge in [0.15, 0.2) is 0 Å². The third-order valence-corrected chi connectivity index (χ3v) is 5.26. The Morgan fingerprint density at radius 2 is 1.83 bits per heavy atom. The van der Waals surface area contributed by atoms with Crippen molar-refractivity contribution in [3.8, 4) is 0 Å². The Balaban J connectivity index is 1.90. The fraction of sp³-hybridized carbons (Fsp3) is 0.476. The minimum absolute atomic E-state index is 0.0595. The van der Waals surface area contributed by atoms with Gasteiger partial charge in [-0.15, -0.1) is 0 Å². The predicted molar refractivity (Wildman–Crippen MR) is 101 cm³/mol. The molecule has 0 aliphatic carbocycles. The number of hydrogen-bond acceptors (Lipinski definition) is 2. The molecule has 1 N–H and O–H groups in total. The maximum Gasteiger partial charge on any atom is 0.235 e. The minimum Gasteiger partial charge on any atom is -0.392 e. The van der Waals surface area contributed by atoms with Gasteiger partial charge in [-0.3, -0.25) is 9.48 Å². The van der Waals surface area contributed by atoms with E-state index in [-0.39, 0.29) is 18.1 Å². The van der Waals surface area contributed by atoms with Gasteiger partial charge in [-0.2, -0.15) is 0 Å². The van der Waals surface area contributed by atoms with E-state index in [4.69, 9.17) is 0 Å². The molecule has 2 aromatic rings. The molecule has 1 heterocycles. The summed E-state index contributed by atoms with van der Waals surface area (Å²) in [5.74, 6) is 0. The molecule has 0 unspecified atom stereocenters. The van der Waals surface area contributed by atoms with Gasteiger partial charge in [0.25, 0.3) is 0 Å². The average Bonchev–Trinajstić information content (AvgIpc) is 3.02. The van der Waals surface area contributed by atoms with E-state index in [9.17, 15) is 5.11 Å². The lowest BCUT2D eigenvalue weighted by Crippen LogP contribution is -2.45. The SMILES string of the molecule is C[C@H](c1cccc2ccccc12)[N+]1=CN([C@H](CO)C(C)(C)C)CC1. The van der Waals surface area contributed by atoms with Crippen molar-refractivity contribution < 1.29 is 9.68 Å². The van der Waals surface area contributed by atoms with Gasteiger partial charge in [0.2, 0.25) is 6.34 Å². The molecule has 2 aromatic carbocycles. The quantitative estimate of drug-likeness (QED) is 0.868. The predicted octanol–water partition coefficient (Wildman–Crippen LogP) is 3.66. The van der Waals surface area contributed by atoms with E-state index in [0.717, 1.165) is 13.1 Å². The Kier molecular flexibility index (Phi) is 4.64. The smallest absolute Gasteiger partial charge is 0.235 e. The van der Waals surface area contributed by atoms with Crippen LogP contribution >= 0.6 is 0 Å². The van der Waals surface area contributed by atoms with Crippen molar-refractivity contribution in [3.05, 3.63) is 48.0 Å². The monoisotopic (exact) mass is 325 g/mol. The molecule has 128 valence electrons. The van der Waals surface area contributed by atoms with E-state index in [2.05, 4.69) is 86.0 Å². The zero-order chi connectivity index (χ0) is 17.3. The summed E-state index contributed by atoms with van der Waals surface area (Å²) in [4.78, 5) is 2.31. The molecule has 1 aliphatic heterocycles. The van der Waals surface area contributed by atoms with Crippen LogP contribution in [-0.4, -0.2) is 46.7 Å². The van der Waals surface area contributed by atoms with Gasteiger partial charge in [-0.1, -0.05) is 63.2 Å². The molecule has 0 amide bonds. The summed E-state index contributed by atoms with van der Waals surface area (Å²) in [7, 11) is 0. The van der Waals surface area contributed by atoms with Crippen LogP contribution in [0.3, 0.4) is 0 Å². The van der Waals surface area contributed by atoms with Crippen molar-refractivity contribution in [2.24, 2.45) is 5.41 Å². The molecule has 0 radical (unpaired) electrons. The highest BCUT2D eigenvalue weighted by atomic mass is 16.3. The lowest BCUT2D eigenvalue weighted by molar-refractivity contribution is -0.555. The van der Waals surface area contributed by atoms with Gasteiger partial charge in [0.1, 0.15) is 25.2 Å². The van der Waals surface area contributed by atoms with Crippen LogP contribution in [0.5, 0.6) is 0 Å². The number of rotatable bonds is 4. The second-order valence-electron chi connectivity index (χ2n) is 7.90. The number of hydrogen-bond donors (Lipinski definition) is 1. The molecule has 1 aliphatic rings. The lowest BCUT2D eigenvalue weighted by atomic mass is 9.86. The van der Waals surface area contributed by atoms with Crippen molar-refractivity contribution in [1.29, 1.82) is 0 Å². The number of fused-ring (bicyclic) bond motifs is 1. The van der Waals surface area contributed by atoms with Crippen LogP contribution in [0.1, 0.15) is 39.3 Å². The van der Waals surface area contributed by atoms with Crippen molar-refractivity contribution in [2.45, 2.75) is 39.8 Å². The Morgan fingerprint density at radius 3 is 2.54 bits per heavy atom. The van der Waals surface area contributed by atoms with Gasteiger partial charge in [0.05, 0.1) is 6.61 Å². The van der Waals surface area contributed by atoms with Crippen molar-refractivity contribution in [1.82, 2.24) is 4.90 Å². The molecule has 0 saturated heterocycles. The third kappa shape index (κ3) is 3.18. The number of benzene rings is 2. The van der Waals surface area contributed by atoms with E-state index >= 15 is 0 Å². The van der Waals surface area contributed by atoms with Gasteiger partial charge >= 0.3 is 0 Å². The summed E-state index contributed by atoms with van der Waals surface area (Å²) in [5.41, 5.74) is 1.42. The summed E-state index contributed by atoms with van der Waals surface area (Å²) in [6.45, 7) is 11.0. The van der Waals surface area contributed by atoms with Crippen LogP contribution in [0, 0.1) is 5.41 Å². The van der Waals surface area contributed by atoms with Gasteiger partial charge < -0.3 is 5.11 Å². The van der Waals surface area contributed by atoms with Gasteiger partial charge in [0, 0.05) is 11.0 Å². The molecule has 0 spiro atoms. The van der Waals surface area contributed by atoms with Crippen molar-refractivity contribution >= 4 is 17.1 Å². The molecular formula is C21H29N2O+. The summed E-state index contributed by atoms with van der Waals surface area (Å²) >= 11 is 0. The number of nitrogens with zero attached hydrogens (tertiary/aromatic N) is 2. The van der Waals surface area contributed by atoms with E-state index in [1.54, 1.807) is 0 Å². The highest BCUT2D eigenvalue weighted by Gasteiger charge is 2.37. The molecule has 0 bridgehead atoms. The normalized spacial score (nSPS) is 17.9. The van der Waals surface area contributed by atoms with E-state index in [1.165, 1.54) is 16.3 Å². The molecule has 0 saturated carbocycles. The highest BCUT2D eigenvalue weighted by Crippen LogP contribution is 2.29. The Morgan fingerprint density at radius 1 is 1.12 bits per heavy atom. The largest absolute Gasteiger partial charge is 0.392 e. The van der Waals surface area contributed by atoms with Crippen LogP contribution in [-0.2, 0) is 0 Å². The third-order valence-electron chi connectivity index (χ3n) is 5.26. The average molecular weight is 325 g/mol. The summed E-state index contributed by atoms with van der Waals surface area (Å²) < 4.78 is 2.40. The number of aliphatic hydroxyl groups is 1. The molecule has 0 fully saturated rings. The number of aliphatic hydroxyl groups excluding tert-OH is 1. The fourth-order valence-electron chi connectivity index (χ4n) is 3.74. The Hall–Kier alpha value is -1.87. The maximum absolute atomic E-state index is 9.83. The van der Waals surface area contributed by atoms with Crippen LogP contribution in [0.25, 0.3) is 10.8 Å². The van der Waals surface area contributed by atoms with Crippen LogP contribution in [0.4, 0.5) is 0 Å². The summed E-state index contributed by atoms with van der Waals surface area (Å²) in [5, 5.41) is 12.4. The molecule has 3 nitrogen and oxygen atoms in total. The van der Waals surface area contributed by atoms with Crippen LogP contribution < -0.4 is 0 Å². The fourth-order valence-corrected chi connectivity index (χ4v) is 3.74. The van der Waals surface area contributed by atoms with E-state index in [1.807, 2.05) is 0 Å². The first-order chi connectivity index (χ1) is 11.4.